The van der Waals surface area contributed by atoms with Crippen LogP contribution < -0.4 is 24.8 Å². The third-order valence-corrected chi connectivity index (χ3v) is 5.39. The second kappa shape index (κ2) is 11.7. The van der Waals surface area contributed by atoms with E-state index in [9.17, 15) is 0 Å². The van der Waals surface area contributed by atoms with Crippen LogP contribution in [0.15, 0.2) is 17.1 Å². The first-order chi connectivity index (χ1) is 13.7. The van der Waals surface area contributed by atoms with E-state index in [0.717, 1.165) is 31.2 Å². The molecule has 0 radical (unpaired) electrons. The fourth-order valence-electron chi connectivity index (χ4n) is 3.87. The molecule has 1 unspecified atom stereocenters. The molecular weight excluding hydrogens is 485 g/mol. The van der Waals surface area contributed by atoms with E-state index in [-0.39, 0.29) is 24.0 Å². The summed E-state index contributed by atoms with van der Waals surface area (Å²) in [5.74, 6) is 2.71. The smallest absolute Gasteiger partial charge is 0.203 e. The first-order valence-electron chi connectivity index (χ1n) is 9.96. The van der Waals surface area contributed by atoms with E-state index >= 15 is 0 Å². The van der Waals surface area contributed by atoms with Crippen LogP contribution in [0, 0.1) is 0 Å². The molecule has 8 nitrogen and oxygen atoms in total. The topological polar surface area (TPSA) is 70.6 Å². The van der Waals surface area contributed by atoms with Crippen LogP contribution in [0.3, 0.4) is 0 Å². The number of methoxy groups -OCH3 is 3. The number of guanidine groups is 1. The maximum absolute atomic E-state index is 5.43. The molecule has 1 aromatic rings. The fourth-order valence-corrected chi connectivity index (χ4v) is 3.87. The molecule has 2 N–H and O–H groups in total. The summed E-state index contributed by atoms with van der Waals surface area (Å²) in [6.07, 6.45) is 0. The lowest BCUT2D eigenvalue weighted by Crippen LogP contribution is -2.63. The molecule has 9 heteroatoms. The lowest BCUT2D eigenvalue weighted by atomic mass is 10.1. The molecule has 3 aliphatic heterocycles. The number of hydrogen-bond donors (Lipinski definition) is 2. The molecule has 0 aliphatic carbocycles. The van der Waals surface area contributed by atoms with Gasteiger partial charge >= 0.3 is 0 Å². The molecular formula is C20H34IN5O3. The molecule has 4 rings (SSSR count). The van der Waals surface area contributed by atoms with Crippen LogP contribution in [0.2, 0.25) is 0 Å². The highest BCUT2D eigenvalue weighted by Crippen LogP contribution is 2.38. The van der Waals surface area contributed by atoms with E-state index in [1.807, 2.05) is 12.1 Å². The molecule has 164 valence electrons. The summed E-state index contributed by atoms with van der Waals surface area (Å²) in [4.78, 5) is 9.87. The van der Waals surface area contributed by atoms with Gasteiger partial charge in [-0.05, 0) is 24.6 Å². The van der Waals surface area contributed by atoms with Gasteiger partial charge in [-0.1, -0.05) is 0 Å². The second-order valence-electron chi connectivity index (χ2n) is 7.10. The van der Waals surface area contributed by atoms with Gasteiger partial charge in [0.2, 0.25) is 5.75 Å². The number of hydrogen-bond acceptors (Lipinski definition) is 6. The van der Waals surface area contributed by atoms with Gasteiger partial charge in [0.1, 0.15) is 0 Å². The number of nitrogens with one attached hydrogen (secondary N) is 2. The number of benzene rings is 1. The fraction of sp³-hybridized carbons (Fsp3) is 0.650. The highest BCUT2D eigenvalue weighted by atomic mass is 127. The summed E-state index contributed by atoms with van der Waals surface area (Å²) in [5.41, 5.74) is 0.998. The normalized spacial score (nSPS) is 23.2. The molecule has 3 heterocycles. The summed E-state index contributed by atoms with van der Waals surface area (Å²) in [5, 5.41) is 6.84. The van der Waals surface area contributed by atoms with Crippen molar-refractivity contribution in [3.8, 4) is 17.2 Å². The number of piperazine rings is 3. The van der Waals surface area contributed by atoms with E-state index < -0.39 is 0 Å². The van der Waals surface area contributed by atoms with Gasteiger partial charge in [-0.2, -0.15) is 0 Å². The van der Waals surface area contributed by atoms with Crippen molar-refractivity contribution >= 4 is 29.9 Å². The Hall–Kier alpha value is -1.46. The highest BCUT2D eigenvalue weighted by Gasteiger charge is 2.31. The van der Waals surface area contributed by atoms with Crippen molar-refractivity contribution in [2.24, 2.45) is 4.99 Å². The Bertz CT molecular complexity index is 655. The predicted molar refractivity (Wildman–Crippen MR) is 126 cm³/mol. The van der Waals surface area contributed by atoms with Crippen LogP contribution in [-0.4, -0.2) is 88.9 Å². The van der Waals surface area contributed by atoms with Crippen LogP contribution in [0.5, 0.6) is 17.2 Å². The zero-order chi connectivity index (χ0) is 19.9. The Morgan fingerprint density at radius 3 is 2.17 bits per heavy atom. The summed E-state index contributed by atoms with van der Waals surface area (Å²) in [6.45, 7) is 10.2. The van der Waals surface area contributed by atoms with E-state index in [2.05, 4.69) is 27.4 Å². The van der Waals surface area contributed by atoms with Crippen molar-refractivity contribution < 1.29 is 14.2 Å². The van der Waals surface area contributed by atoms with Gasteiger partial charge in [0, 0.05) is 51.9 Å². The van der Waals surface area contributed by atoms with E-state index in [4.69, 9.17) is 19.2 Å². The van der Waals surface area contributed by atoms with Gasteiger partial charge in [0.05, 0.1) is 27.9 Å². The van der Waals surface area contributed by atoms with Crippen LogP contribution >= 0.6 is 24.0 Å². The lowest BCUT2D eigenvalue weighted by molar-refractivity contribution is 0.0154. The third-order valence-electron chi connectivity index (χ3n) is 5.39. The highest BCUT2D eigenvalue weighted by molar-refractivity contribution is 14.0. The molecule has 1 aromatic carbocycles. The van der Waals surface area contributed by atoms with Crippen LogP contribution in [0.4, 0.5) is 0 Å². The number of ether oxygens (including phenoxy) is 3. The average molecular weight is 519 g/mol. The van der Waals surface area contributed by atoms with Crippen molar-refractivity contribution in [1.82, 2.24) is 20.4 Å². The minimum absolute atomic E-state index is 0. The Morgan fingerprint density at radius 2 is 1.69 bits per heavy atom. The summed E-state index contributed by atoms with van der Waals surface area (Å²) < 4.78 is 16.3. The molecule has 0 saturated carbocycles. The molecule has 1 atom stereocenters. The Labute approximate surface area is 191 Å². The molecule has 0 amide bonds. The van der Waals surface area contributed by atoms with Gasteiger partial charge in [-0.15, -0.1) is 24.0 Å². The number of rotatable bonds is 8. The molecule has 3 aliphatic rings. The number of aliphatic imine (C=N–C) groups is 1. The molecule has 29 heavy (non-hydrogen) atoms. The average Bonchev–Trinajstić information content (AvgIpc) is 2.75. The van der Waals surface area contributed by atoms with Crippen molar-refractivity contribution in [1.29, 1.82) is 0 Å². The van der Waals surface area contributed by atoms with E-state index in [1.165, 1.54) is 26.2 Å². The summed E-state index contributed by atoms with van der Waals surface area (Å²) in [7, 11) is 4.86. The number of nitrogens with zero attached hydrogens (tertiary/aromatic N) is 3. The zero-order valence-corrected chi connectivity index (χ0v) is 20.2. The number of halogens is 1. The minimum Gasteiger partial charge on any atom is -0.493 e. The SMILES string of the molecule is CCNC(=NCc1cc(OC)c(OC)c(OC)c1)NCC1CN2CCN1CC2.I. The molecule has 0 spiro atoms. The molecule has 3 fully saturated rings. The van der Waals surface area contributed by atoms with Crippen LogP contribution in [0.25, 0.3) is 0 Å². The minimum atomic E-state index is 0. The first kappa shape index (κ1) is 23.8. The van der Waals surface area contributed by atoms with Gasteiger partial charge in [0.15, 0.2) is 17.5 Å². The van der Waals surface area contributed by atoms with Gasteiger partial charge < -0.3 is 24.8 Å². The van der Waals surface area contributed by atoms with Crippen LogP contribution in [-0.2, 0) is 6.54 Å². The second-order valence-corrected chi connectivity index (χ2v) is 7.10. The van der Waals surface area contributed by atoms with Gasteiger partial charge in [0.25, 0.3) is 0 Å². The quantitative estimate of drug-likeness (QED) is 0.306. The van der Waals surface area contributed by atoms with Crippen molar-refractivity contribution in [2.75, 3.05) is 67.1 Å². The van der Waals surface area contributed by atoms with Gasteiger partial charge in [-0.25, -0.2) is 4.99 Å². The van der Waals surface area contributed by atoms with Gasteiger partial charge in [-0.3, -0.25) is 9.80 Å². The third kappa shape index (κ3) is 6.02. The molecule has 0 aromatic heterocycles. The summed E-state index contributed by atoms with van der Waals surface area (Å²) >= 11 is 0. The van der Waals surface area contributed by atoms with E-state index in [0.29, 0.717) is 29.8 Å². The zero-order valence-electron chi connectivity index (χ0n) is 17.9. The Kier molecular flexibility index (Phi) is 9.57. The number of fused-ring (bicyclic) bond motifs is 3. The largest absolute Gasteiger partial charge is 0.493 e. The molecule has 3 saturated heterocycles. The maximum atomic E-state index is 5.43. The van der Waals surface area contributed by atoms with Crippen molar-refractivity contribution in [3.05, 3.63) is 17.7 Å². The van der Waals surface area contributed by atoms with Crippen LogP contribution in [0.1, 0.15) is 12.5 Å². The monoisotopic (exact) mass is 519 g/mol. The van der Waals surface area contributed by atoms with Crippen molar-refractivity contribution in [3.63, 3.8) is 0 Å². The lowest BCUT2D eigenvalue weighted by Gasteiger charge is -2.47. The van der Waals surface area contributed by atoms with Crippen molar-refractivity contribution in [2.45, 2.75) is 19.5 Å². The summed E-state index contributed by atoms with van der Waals surface area (Å²) in [6, 6.07) is 4.42. The first-order valence-corrected chi connectivity index (χ1v) is 9.96. The predicted octanol–water partition coefficient (Wildman–Crippen LogP) is 1.39. The maximum Gasteiger partial charge on any atom is 0.203 e. The van der Waals surface area contributed by atoms with E-state index in [1.54, 1.807) is 21.3 Å². The standard InChI is InChI=1S/C20H33N5O3.HI/c1-5-21-20(23-13-16-14-24-6-8-25(16)9-7-24)22-12-15-10-17(26-2)19(28-4)18(11-15)27-3;/h10-11,16H,5-9,12-14H2,1-4H3,(H2,21,22,23);1H. The molecule has 2 bridgehead atoms. The Balaban J connectivity index is 0.00000300. The Morgan fingerprint density at radius 1 is 1.03 bits per heavy atom.